The number of aromatic nitrogens is 2. The summed E-state index contributed by atoms with van der Waals surface area (Å²) < 4.78 is 1.05. The van der Waals surface area contributed by atoms with Gasteiger partial charge in [0.1, 0.15) is 22.7 Å². The fraction of sp³-hybridized carbons (Fsp3) is 0. The number of nitrogens with one attached hydrogen (secondary N) is 1. The third-order valence-corrected chi connectivity index (χ3v) is 5.07. The van der Waals surface area contributed by atoms with E-state index >= 15 is 0 Å². The van der Waals surface area contributed by atoms with Gasteiger partial charge in [0.25, 0.3) is 0 Å². The zero-order valence-electron chi connectivity index (χ0n) is 12.4. The van der Waals surface area contributed by atoms with Crippen LogP contribution in [0.25, 0.3) is 21.3 Å². The molecule has 2 aromatic carbocycles. The number of nitrogens with zero attached hydrogens (tertiary/aromatic N) is 2. The third kappa shape index (κ3) is 2.86. The van der Waals surface area contributed by atoms with E-state index in [1.807, 2.05) is 24.3 Å². The maximum atomic E-state index is 9.42. The molecule has 0 bridgehead atoms. The number of fused-ring (bicyclic) bond motifs is 1. The number of benzene rings is 2. The molecule has 24 heavy (non-hydrogen) atoms. The van der Waals surface area contributed by atoms with Gasteiger partial charge in [0, 0.05) is 21.1 Å². The zero-order valence-corrected chi connectivity index (χ0v) is 14.8. The average Bonchev–Trinajstić information content (AvgIpc) is 3.03. The molecular weight excluding hydrogens is 386 g/mol. The Hall–Kier alpha value is -2.44. The minimum atomic E-state index is 0.236. The standard InChI is InChI=1S/C18H12BrN3OS/c19-12-3-1-11(2-4-12)15-9-24-18-16(15)17(20-10-21-18)22-13-5-7-14(23)8-6-13/h1-10,23H,(H,20,21,22). The van der Waals surface area contributed by atoms with Crippen molar-refractivity contribution in [2.45, 2.75) is 0 Å². The Bertz CT molecular complexity index is 997. The molecule has 0 amide bonds. The predicted molar refractivity (Wildman–Crippen MR) is 102 cm³/mol. The summed E-state index contributed by atoms with van der Waals surface area (Å²) in [7, 11) is 0. The number of hydrogen-bond donors (Lipinski definition) is 2. The highest BCUT2D eigenvalue weighted by Crippen LogP contribution is 2.37. The van der Waals surface area contributed by atoms with Gasteiger partial charge in [-0.1, -0.05) is 28.1 Å². The molecule has 0 saturated carbocycles. The second kappa shape index (κ2) is 6.22. The molecule has 118 valence electrons. The summed E-state index contributed by atoms with van der Waals surface area (Å²) in [5.41, 5.74) is 3.08. The first kappa shape index (κ1) is 15.1. The molecule has 0 aliphatic carbocycles. The Labute approximate surface area is 151 Å². The van der Waals surface area contributed by atoms with Crippen molar-refractivity contribution < 1.29 is 5.11 Å². The van der Waals surface area contributed by atoms with E-state index in [0.29, 0.717) is 0 Å². The van der Waals surface area contributed by atoms with Crippen LogP contribution in [0.3, 0.4) is 0 Å². The van der Waals surface area contributed by atoms with E-state index in [1.165, 1.54) is 0 Å². The highest BCUT2D eigenvalue weighted by molar-refractivity contribution is 9.10. The molecule has 2 aromatic heterocycles. The third-order valence-electron chi connectivity index (χ3n) is 3.66. The minimum Gasteiger partial charge on any atom is -0.508 e. The van der Waals surface area contributed by atoms with Crippen LogP contribution in [0.15, 0.2) is 64.7 Å². The second-order valence-electron chi connectivity index (χ2n) is 5.23. The monoisotopic (exact) mass is 397 g/mol. The lowest BCUT2D eigenvalue weighted by Crippen LogP contribution is -1.95. The number of hydrogen-bond acceptors (Lipinski definition) is 5. The Balaban J connectivity index is 1.82. The van der Waals surface area contributed by atoms with E-state index in [-0.39, 0.29) is 5.75 Å². The normalized spacial score (nSPS) is 10.9. The van der Waals surface area contributed by atoms with Gasteiger partial charge in [-0.25, -0.2) is 9.97 Å². The van der Waals surface area contributed by atoms with Crippen LogP contribution >= 0.6 is 27.3 Å². The van der Waals surface area contributed by atoms with Crippen molar-refractivity contribution in [1.29, 1.82) is 0 Å². The van der Waals surface area contributed by atoms with Gasteiger partial charge in [0.05, 0.1) is 5.39 Å². The lowest BCUT2D eigenvalue weighted by molar-refractivity contribution is 0.475. The lowest BCUT2D eigenvalue weighted by atomic mass is 10.1. The first-order valence-corrected chi connectivity index (χ1v) is 8.92. The lowest BCUT2D eigenvalue weighted by Gasteiger charge is -2.08. The number of thiophene rings is 1. The highest BCUT2D eigenvalue weighted by atomic mass is 79.9. The summed E-state index contributed by atoms with van der Waals surface area (Å²) in [6, 6.07) is 15.1. The van der Waals surface area contributed by atoms with Gasteiger partial charge in [0.15, 0.2) is 0 Å². The number of phenolic OH excluding ortho intramolecular Hbond substituents is 1. The molecule has 4 nitrogen and oxygen atoms in total. The molecule has 4 rings (SSSR count). The van der Waals surface area contributed by atoms with Crippen LogP contribution < -0.4 is 5.32 Å². The summed E-state index contributed by atoms with van der Waals surface area (Å²) in [6.07, 6.45) is 1.56. The maximum absolute atomic E-state index is 9.42. The zero-order chi connectivity index (χ0) is 16.5. The molecule has 4 aromatic rings. The van der Waals surface area contributed by atoms with Crippen LogP contribution in [0.5, 0.6) is 5.75 Å². The van der Waals surface area contributed by atoms with Gasteiger partial charge in [-0.3, -0.25) is 0 Å². The van der Waals surface area contributed by atoms with E-state index in [0.717, 1.165) is 37.3 Å². The van der Waals surface area contributed by atoms with Crippen LogP contribution in [-0.2, 0) is 0 Å². The molecule has 0 fully saturated rings. The van der Waals surface area contributed by atoms with Gasteiger partial charge < -0.3 is 10.4 Å². The van der Waals surface area contributed by atoms with Crippen molar-refractivity contribution >= 4 is 49.0 Å². The molecule has 6 heteroatoms. The molecule has 0 spiro atoms. The molecule has 2 heterocycles. The largest absolute Gasteiger partial charge is 0.508 e. The van der Waals surface area contributed by atoms with Crippen molar-refractivity contribution in [2.75, 3.05) is 5.32 Å². The van der Waals surface area contributed by atoms with Gasteiger partial charge in [-0.05, 0) is 42.0 Å². The second-order valence-corrected chi connectivity index (χ2v) is 7.00. The Morgan fingerprint density at radius 3 is 2.46 bits per heavy atom. The smallest absolute Gasteiger partial charge is 0.143 e. The molecule has 0 aliphatic heterocycles. The Kier molecular flexibility index (Phi) is 3.92. The number of anilines is 2. The van der Waals surface area contributed by atoms with E-state index < -0.39 is 0 Å². The fourth-order valence-electron chi connectivity index (χ4n) is 2.49. The van der Waals surface area contributed by atoms with Crippen molar-refractivity contribution in [3.8, 4) is 16.9 Å². The SMILES string of the molecule is Oc1ccc(Nc2ncnc3scc(-c4ccc(Br)cc4)c23)cc1. The average molecular weight is 398 g/mol. The summed E-state index contributed by atoms with van der Waals surface area (Å²) >= 11 is 5.07. The first-order valence-electron chi connectivity index (χ1n) is 7.25. The summed E-state index contributed by atoms with van der Waals surface area (Å²) in [5, 5.41) is 15.8. The quantitative estimate of drug-likeness (QED) is 0.443. The summed E-state index contributed by atoms with van der Waals surface area (Å²) in [4.78, 5) is 9.73. The molecule has 0 aliphatic rings. The summed E-state index contributed by atoms with van der Waals surface area (Å²) in [6.45, 7) is 0. The van der Waals surface area contributed by atoms with Gasteiger partial charge in [-0.2, -0.15) is 0 Å². The molecule has 2 N–H and O–H groups in total. The van der Waals surface area contributed by atoms with E-state index in [2.05, 4.69) is 48.7 Å². The van der Waals surface area contributed by atoms with E-state index in [9.17, 15) is 5.11 Å². The van der Waals surface area contributed by atoms with Crippen molar-refractivity contribution in [3.63, 3.8) is 0 Å². The number of rotatable bonds is 3. The van der Waals surface area contributed by atoms with Gasteiger partial charge >= 0.3 is 0 Å². The van der Waals surface area contributed by atoms with E-state index in [1.54, 1.807) is 29.8 Å². The molecule has 0 saturated heterocycles. The maximum Gasteiger partial charge on any atom is 0.143 e. The van der Waals surface area contributed by atoms with Crippen LogP contribution in [0.4, 0.5) is 11.5 Å². The molecular formula is C18H12BrN3OS. The summed E-state index contributed by atoms with van der Waals surface area (Å²) in [5.74, 6) is 0.990. The predicted octanol–water partition coefficient (Wildman–Crippen LogP) is 5.57. The Morgan fingerprint density at radius 2 is 1.71 bits per heavy atom. The fourth-order valence-corrected chi connectivity index (χ4v) is 3.67. The van der Waals surface area contributed by atoms with Crippen LogP contribution in [0.2, 0.25) is 0 Å². The highest BCUT2D eigenvalue weighted by Gasteiger charge is 2.13. The van der Waals surface area contributed by atoms with Gasteiger partial charge in [-0.15, -0.1) is 11.3 Å². The molecule has 0 atom stereocenters. The molecule has 0 unspecified atom stereocenters. The van der Waals surface area contributed by atoms with Crippen LogP contribution in [0.1, 0.15) is 0 Å². The number of phenols is 1. The molecule has 0 radical (unpaired) electrons. The first-order chi connectivity index (χ1) is 11.7. The van der Waals surface area contributed by atoms with Crippen molar-refractivity contribution in [3.05, 3.63) is 64.7 Å². The van der Waals surface area contributed by atoms with Crippen LogP contribution in [-0.4, -0.2) is 15.1 Å². The van der Waals surface area contributed by atoms with Crippen LogP contribution in [0, 0.1) is 0 Å². The van der Waals surface area contributed by atoms with E-state index in [4.69, 9.17) is 0 Å². The number of aromatic hydroxyl groups is 1. The minimum absolute atomic E-state index is 0.236. The topological polar surface area (TPSA) is 58.0 Å². The Morgan fingerprint density at radius 1 is 0.958 bits per heavy atom. The number of halogens is 1. The van der Waals surface area contributed by atoms with Crippen molar-refractivity contribution in [2.24, 2.45) is 0 Å². The van der Waals surface area contributed by atoms with Gasteiger partial charge in [0.2, 0.25) is 0 Å². The van der Waals surface area contributed by atoms with Crippen molar-refractivity contribution in [1.82, 2.24) is 9.97 Å².